The Labute approximate surface area is 141 Å². The van der Waals surface area contributed by atoms with Crippen molar-refractivity contribution < 1.29 is 5.11 Å². The Hall–Kier alpha value is -1.43. The standard InChI is InChI=1S/C17H23ClN4O/c1-21-13-19-20-16(21)11-17(23)8-2-9-22(12-17)10-7-14-3-5-15(18)6-4-14/h3-6,13,23H,2,7-12H2,1H3. The largest absolute Gasteiger partial charge is 0.388 e. The summed E-state index contributed by atoms with van der Waals surface area (Å²) in [6.45, 7) is 2.67. The molecule has 2 heterocycles. The lowest BCUT2D eigenvalue weighted by Gasteiger charge is -2.39. The first kappa shape index (κ1) is 16.4. The molecule has 1 aromatic heterocycles. The van der Waals surface area contributed by atoms with Gasteiger partial charge in [0, 0.05) is 31.6 Å². The van der Waals surface area contributed by atoms with E-state index in [1.165, 1.54) is 5.56 Å². The maximum absolute atomic E-state index is 10.9. The molecule has 0 aliphatic carbocycles. The first-order valence-electron chi connectivity index (χ1n) is 8.06. The third kappa shape index (κ3) is 4.31. The lowest BCUT2D eigenvalue weighted by molar-refractivity contribution is -0.0316. The number of β-amino-alcohol motifs (C(OH)–C–C–N with tert-alkyl or cyclic N) is 1. The quantitative estimate of drug-likeness (QED) is 0.909. The van der Waals surface area contributed by atoms with Gasteiger partial charge in [0.15, 0.2) is 0 Å². The van der Waals surface area contributed by atoms with E-state index in [0.717, 1.165) is 43.2 Å². The monoisotopic (exact) mass is 334 g/mol. The second-order valence-corrected chi connectivity index (χ2v) is 6.95. The van der Waals surface area contributed by atoms with E-state index in [1.54, 1.807) is 6.33 Å². The Kier molecular flexibility index (Phi) is 4.99. The number of piperidine rings is 1. The third-order valence-electron chi connectivity index (χ3n) is 4.56. The van der Waals surface area contributed by atoms with Crippen molar-refractivity contribution in [2.24, 2.45) is 7.05 Å². The van der Waals surface area contributed by atoms with Gasteiger partial charge < -0.3 is 14.6 Å². The molecule has 6 heteroatoms. The highest BCUT2D eigenvalue weighted by atomic mass is 35.5. The van der Waals surface area contributed by atoms with Crippen molar-refractivity contribution in [3.05, 3.63) is 47.0 Å². The molecule has 1 saturated heterocycles. The van der Waals surface area contributed by atoms with E-state index in [0.29, 0.717) is 13.0 Å². The van der Waals surface area contributed by atoms with Gasteiger partial charge in [0.1, 0.15) is 12.2 Å². The highest BCUT2D eigenvalue weighted by molar-refractivity contribution is 6.30. The van der Waals surface area contributed by atoms with Gasteiger partial charge in [-0.15, -0.1) is 10.2 Å². The van der Waals surface area contributed by atoms with Crippen LogP contribution in [0.25, 0.3) is 0 Å². The minimum absolute atomic E-state index is 0.556. The molecular formula is C17H23ClN4O. The molecule has 1 N–H and O–H groups in total. The summed E-state index contributed by atoms with van der Waals surface area (Å²) in [5.74, 6) is 0.840. The lowest BCUT2D eigenvalue weighted by atomic mass is 9.89. The summed E-state index contributed by atoms with van der Waals surface area (Å²) in [5, 5.41) is 19.7. The van der Waals surface area contributed by atoms with Crippen LogP contribution in [0, 0.1) is 0 Å². The van der Waals surface area contributed by atoms with Crippen molar-refractivity contribution in [2.45, 2.75) is 31.3 Å². The number of aliphatic hydroxyl groups is 1. The maximum Gasteiger partial charge on any atom is 0.135 e. The van der Waals surface area contributed by atoms with Gasteiger partial charge in [-0.2, -0.15) is 0 Å². The van der Waals surface area contributed by atoms with Crippen molar-refractivity contribution in [1.82, 2.24) is 19.7 Å². The number of rotatable bonds is 5. The highest BCUT2D eigenvalue weighted by Crippen LogP contribution is 2.25. The number of aryl methyl sites for hydroxylation is 1. The summed E-state index contributed by atoms with van der Waals surface area (Å²) >= 11 is 5.92. The molecule has 1 aliphatic rings. The van der Waals surface area contributed by atoms with Gasteiger partial charge in [0.05, 0.1) is 5.60 Å². The number of likely N-dealkylation sites (tertiary alicyclic amines) is 1. The minimum Gasteiger partial charge on any atom is -0.388 e. The van der Waals surface area contributed by atoms with Gasteiger partial charge in [0.2, 0.25) is 0 Å². The summed E-state index contributed by atoms with van der Waals surface area (Å²) in [7, 11) is 1.92. The number of halogens is 1. The van der Waals surface area contributed by atoms with Crippen LogP contribution in [0.1, 0.15) is 24.2 Å². The smallest absolute Gasteiger partial charge is 0.135 e. The second-order valence-electron chi connectivity index (χ2n) is 6.52. The van der Waals surface area contributed by atoms with E-state index in [9.17, 15) is 5.11 Å². The Bertz CT molecular complexity index is 642. The van der Waals surface area contributed by atoms with E-state index in [1.807, 2.05) is 23.7 Å². The molecule has 1 aliphatic heterocycles. The normalized spacial score (nSPS) is 22.4. The van der Waals surface area contributed by atoms with Gasteiger partial charge in [-0.05, 0) is 43.5 Å². The van der Waals surface area contributed by atoms with Crippen molar-refractivity contribution >= 4 is 11.6 Å². The summed E-state index contributed by atoms with van der Waals surface area (Å²) < 4.78 is 1.88. The number of aromatic nitrogens is 3. The Morgan fingerprint density at radius 1 is 1.30 bits per heavy atom. The van der Waals surface area contributed by atoms with Gasteiger partial charge in [-0.1, -0.05) is 23.7 Å². The molecule has 5 nitrogen and oxygen atoms in total. The number of nitrogens with zero attached hydrogens (tertiary/aromatic N) is 4. The zero-order chi connectivity index (χ0) is 16.3. The summed E-state index contributed by atoms with van der Waals surface area (Å²) in [6, 6.07) is 7.99. The lowest BCUT2D eigenvalue weighted by Crippen LogP contribution is -2.50. The van der Waals surface area contributed by atoms with Crippen molar-refractivity contribution in [1.29, 1.82) is 0 Å². The summed E-state index contributed by atoms with van der Waals surface area (Å²) in [5.41, 5.74) is 0.566. The van der Waals surface area contributed by atoms with Crippen LogP contribution in [0.5, 0.6) is 0 Å². The molecule has 0 spiro atoms. The number of benzene rings is 1. The number of hydrogen-bond acceptors (Lipinski definition) is 4. The van der Waals surface area contributed by atoms with Crippen LogP contribution in [0.2, 0.25) is 5.02 Å². The molecule has 23 heavy (non-hydrogen) atoms. The van der Waals surface area contributed by atoms with Gasteiger partial charge in [-0.3, -0.25) is 0 Å². The SMILES string of the molecule is Cn1cnnc1CC1(O)CCCN(CCc2ccc(Cl)cc2)C1. The highest BCUT2D eigenvalue weighted by Gasteiger charge is 2.34. The molecule has 1 unspecified atom stereocenters. The first-order valence-corrected chi connectivity index (χ1v) is 8.44. The molecule has 1 atom stereocenters. The van der Waals surface area contributed by atoms with E-state index < -0.39 is 5.60 Å². The Morgan fingerprint density at radius 2 is 2.09 bits per heavy atom. The zero-order valence-corrected chi connectivity index (χ0v) is 14.2. The third-order valence-corrected chi connectivity index (χ3v) is 4.81. The van der Waals surface area contributed by atoms with Crippen LogP contribution in [-0.4, -0.2) is 50.0 Å². The van der Waals surface area contributed by atoms with E-state index in [-0.39, 0.29) is 0 Å². The molecule has 1 aromatic carbocycles. The maximum atomic E-state index is 10.9. The van der Waals surface area contributed by atoms with Crippen LogP contribution < -0.4 is 0 Å². The molecule has 1 fully saturated rings. The van der Waals surface area contributed by atoms with E-state index in [4.69, 9.17) is 11.6 Å². The molecule has 0 bridgehead atoms. The van der Waals surface area contributed by atoms with Crippen molar-refractivity contribution in [3.63, 3.8) is 0 Å². The predicted molar refractivity (Wildman–Crippen MR) is 90.5 cm³/mol. The predicted octanol–water partition coefficient (Wildman–Crippen LogP) is 2.08. The van der Waals surface area contributed by atoms with Crippen LogP contribution >= 0.6 is 11.6 Å². The molecule has 3 rings (SSSR count). The van der Waals surface area contributed by atoms with Crippen molar-refractivity contribution in [2.75, 3.05) is 19.6 Å². The summed E-state index contributed by atoms with van der Waals surface area (Å²) in [6.07, 6.45) is 5.03. The minimum atomic E-state index is -0.709. The topological polar surface area (TPSA) is 54.2 Å². The van der Waals surface area contributed by atoms with E-state index >= 15 is 0 Å². The number of hydrogen-bond donors (Lipinski definition) is 1. The molecule has 0 radical (unpaired) electrons. The van der Waals surface area contributed by atoms with Crippen LogP contribution in [-0.2, 0) is 19.9 Å². The Balaban J connectivity index is 1.57. The zero-order valence-electron chi connectivity index (χ0n) is 13.5. The summed E-state index contributed by atoms with van der Waals surface area (Å²) in [4.78, 5) is 2.34. The fourth-order valence-corrected chi connectivity index (χ4v) is 3.37. The van der Waals surface area contributed by atoms with Gasteiger partial charge in [0.25, 0.3) is 0 Å². The first-order chi connectivity index (χ1) is 11.0. The fourth-order valence-electron chi connectivity index (χ4n) is 3.24. The molecule has 0 amide bonds. The van der Waals surface area contributed by atoms with Gasteiger partial charge in [-0.25, -0.2) is 0 Å². The second kappa shape index (κ2) is 6.99. The average molecular weight is 335 g/mol. The average Bonchev–Trinajstić information content (AvgIpc) is 2.91. The molecule has 124 valence electrons. The fraction of sp³-hybridized carbons (Fsp3) is 0.529. The van der Waals surface area contributed by atoms with Crippen LogP contribution in [0.15, 0.2) is 30.6 Å². The molecular weight excluding hydrogens is 312 g/mol. The van der Waals surface area contributed by atoms with Crippen LogP contribution in [0.3, 0.4) is 0 Å². The van der Waals surface area contributed by atoms with E-state index in [2.05, 4.69) is 27.2 Å². The van der Waals surface area contributed by atoms with Gasteiger partial charge >= 0.3 is 0 Å². The van der Waals surface area contributed by atoms with Crippen LogP contribution in [0.4, 0.5) is 0 Å². The molecule has 0 saturated carbocycles. The Morgan fingerprint density at radius 3 is 2.78 bits per heavy atom. The van der Waals surface area contributed by atoms with Crippen molar-refractivity contribution in [3.8, 4) is 0 Å². The molecule has 2 aromatic rings.